The minimum atomic E-state index is -0.0532. The summed E-state index contributed by atoms with van der Waals surface area (Å²) in [7, 11) is 1.75. The van der Waals surface area contributed by atoms with E-state index in [2.05, 4.69) is 22.1 Å². The number of piperidine rings is 1. The summed E-state index contributed by atoms with van der Waals surface area (Å²) in [6, 6.07) is 0.412. The lowest BCUT2D eigenvalue weighted by molar-refractivity contribution is -0.131. The van der Waals surface area contributed by atoms with Gasteiger partial charge in [0.15, 0.2) is 5.82 Å². The molecule has 2 aliphatic rings. The predicted octanol–water partition coefficient (Wildman–Crippen LogP) is 1.52. The van der Waals surface area contributed by atoms with Crippen LogP contribution in [0.4, 0.5) is 5.82 Å². The van der Waals surface area contributed by atoms with E-state index in [9.17, 15) is 9.59 Å². The molecule has 0 saturated carbocycles. The van der Waals surface area contributed by atoms with Crippen LogP contribution in [0.3, 0.4) is 0 Å². The molecule has 1 N–H and O–H groups in total. The molecule has 7 nitrogen and oxygen atoms in total. The first-order chi connectivity index (χ1) is 13.0. The summed E-state index contributed by atoms with van der Waals surface area (Å²) in [5, 5.41) is 3.61. The lowest BCUT2D eigenvalue weighted by Gasteiger charge is -2.35. The van der Waals surface area contributed by atoms with E-state index < -0.39 is 0 Å². The Morgan fingerprint density at radius 1 is 1.22 bits per heavy atom. The zero-order valence-corrected chi connectivity index (χ0v) is 16.7. The Kier molecular flexibility index (Phi) is 6.88. The van der Waals surface area contributed by atoms with E-state index in [4.69, 9.17) is 0 Å². The molecule has 150 valence electrons. The molecule has 2 fully saturated rings. The summed E-state index contributed by atoms with van der Waals surface area (Å²) in [5.74, 6) is 0.794. The number of nitrogens with zero attached hydrogens (tertiary/aromatic N) is 4. The van der Waals surface area contributed by atoms with Crippen molar-refractivity contribution in [3.8, 4) is 0 Å². The van der Waals surface area contributed by atoms with Crippen LogP contribution in [0, 0.1) is 0 Å². The van der Waals surface area contributed by atoms with E-state index in [0.29, 0.717) is 12.2 Å². The van der Waals surface area contributed by atoms with Crippen LogP contribution in [-0.4, -0.2) is 58.6 Å². The first-order valence-corrected chi connectivity index (χ1v) is 10.3. The fraction of sp³-hybridized carbons (Fsp3) is 0.750. The van der Waals surface area contributed by atoms with Crippen molar-refractivity contribution in [3.05, 3.63) is 22.7 Å². The largest absolute Gasteiger partial charge is 0.350 e. The second kappa shape index (κ2) is 9.35. The predicted molar refractivity (Wildman–Crippen MR) is 107 cm³/mol. The maximum atomic E-state index is 12.6. The Labute approximate surface area is 161 Å². The van der Waals surface area contributed by atoms with Gasteiger partial charge in [0.1, 0.15) is 0 Å². The molecule has 1 aromatic heterocycles. The third-order valence-corrected chi connectivity index (χ3v) is 5.68. The summed E-state index contributed by atoms with van der Waals surface area (Å²) >= 11 is 0. The van der Waals surface area contributed by atoms with Gasteiger partial charge in [0.25, 0.3) is 5.56 Å². The highest BCUT2D eigenvalue weighted by Crippen LogP contribution is 2.16. The second-order valence-corrected chi connectivity index (χ2v) is 8.02. The van der Waals surface area contributed by atoms with E-state index in [0.717, 1.165) is 51.9 Å². The second-order valence-electron chi connectivity index (χ2n) is 8.02. The molecule has 7 heteroatoms. The Bertz CT molecular complexity index is 681. The van der Waals surface area contributed by atoms with E-state index >= 15 is 0 Å². The lowest BCUT2D eigenvalue weighted by atomic mass is 10.0. The fourth-order valence-corrected chi connectivity index (χ4v) is 4.18. The van der Waals surface area contributed by atoms with E-state index in [1.807, 2.05) is 4.90 Å². The number of carbonyl (C=O) groups excluding carboxylic acids is 1. The summed E-state index contributed by atoms with van der Waals surface area (Å²) < 4.78 is 1.57. The maximum Gasteiger partial charge on any atom is 0.293 e. The van der Waals surface area contributed by atoms with Crippen molar-refractivity contribution in [2.75, 3.05) is 31.1 Å². The van der Waals surface area contributed by atoms with Gasteiger partial charge in [0.05, 0.1) is 0 Å². The smallest absolute Gasteiger partial charge is 0.293 e. The molecule has 2 aliphatic heterocycles. The van der Waals surface area contributed by atoms with Gasteiger partial charge in [0, 0.05) is 64.1 Å². The number of carbonyl (C=O) groups is 1. The van der Waals surface area contributed by atoms with E-state index in [1.54, 1.807) is 24.0 Å². The van der Waals surface area contributed by atoms with Crippen molar-refractivity contribution < 1.29 is 4.79 Å². The van der Waals surface area contributed by atoms with Gasteiger partial charge in [-0.15, -0.1) is 0 Å². The monoisotopic (exact) mass is 375 g/mol. The first-order valence-electron chi connectivity index (χ1n) is 10.3. The number of anilines is 1. The van der Waals surface area contributed by atoms with Crippen molar-refractivity contribution in [1.82, 2.24) is 19.8 Å². The molecule has 1 amide bonds. The molecule has 0 bridgehead atoms. The van der Waals surface area contributed by atoms with Gasteiger partial charge in [-0.2, -0.15) is 0 Å². The SMILES string of the molecule is C[C@@H](CC(=O)N1CCCCCC1)N[C@@H]1CCCN(c2nccn(C)c2=O)C1. The van der Waals surface area contributed by atoms with Gasteiger partial charge in [0.2, 0.25) is 5.91 Å². The maximum absolute atomic E-state index is 12.6. The Hall–Kier alpha value is -1.89. The third kappa shape index (κ3) is 5.31. The topological polar surface area (TPSA) is 70.5 Å². The Balaban J connectivity index is 1.53. The molecule has 3 heterocycles. The highest BCUT2D eigenvalue weighted by molar-refractivity contribution is 5.76. The van der Waals surface area contributed by atoms with Crippen LogP contribution in [0.25, 0.3) is 0 Å². The van der Waals surface area contributed by atoms with Crippen LogP contribution in [0.15, 0.2) is 17.2 Å². The summed E-state index contributed by atoms with van der Waals surface area (Å²) in [6.45, 7) is 5.52. The lowest BCUT2D eigenvalue weighted by Crippen LogP contribution is -2.51. The molecular formula is C20H33N5O2. The zero-order chi connectivity index (χ0) is 19.2. The number of amides is 1. The van der Waals surface area contributed by atoms with Gasteiger partial charge in [-0.3, -0.25) is 9.59 Å². The molecule has 0 spiro atoms. The average molecular weight is 376 g/mol. The molecule has 0 radical (unpaired) electrons. The fourth-order valence-electron chi connectivity index (χ4n) is 4.18. The molecule has 2 atom stereocenters. The van der Waals surface area contributed by atoms with Gasteiger partial charge < -0.3 is 19.7 Å². The van der Waals surface area contributed by atoms with Crippen molar-refractivity contribution in [2.24, 2.45) is 7.05 Å². The number of hydrogen-bond acceptors (Lipinski definition) is 5. The first kappa shape index (κ1) is 19.9. The Morgan fingerprint density at radius 3 is 2.70 bits per heavy atom. The van der Waals surface area contributed by atoms with Crippen molar-refractivity contribution >= 4 is 11.7 Å². The summed E-state index contributed by atoms with van der Waals surface area (Å²) in [4.78, 5) is 33.3. The van der Waals surface area contributed by atoms with Crippen molar-refractivity contribution in [1.29, 1.82) is 0 Å². The number of aromatic nitrogens is 2. The van der Waals surface area contributed by atoms with E-state index in [-0.39, 0.29) is 23.6 Å². The Morgan fingerprint density at radius 2 is 1.96 bits per heavy atom. The van der Waals surface area contributed by atoms with E-state index in [1.165, 1.54) is 12.8 Å². The number of nitrogens with one attached hydrogen (secondary N) is 1. The van der Waals surface area contributed by atoms with Gasteiger partial charge in [-0.05, 0) is 32.6 Å². The molecular weight excluding hydrogens is 342 g/mol. The number of hydrogen-bond donors (Lipinski definition) is 1. The molecule has 0 aliphatic carbocycles. The molecule has 0 unspecified atom stereocenters. The van der Waals surface area contributed by atoms with Crippen molar-refractivity contribution in [2.45, 2.75) is 64.0 Å². The molecule has 27 heavy (non-hydrogen) atoms. The van der Waals surface area contributed by atoms with Gasteiger partial charge in [-0.1, -0.05) is 12.8 Å². The van der Waals surface area contributed by atoms with Crippen LogP contribution in [0.1, 0.15) is 51.9 Å². The quantitative estimate of drug-likeness (QED) is 0.845. The minimum Gasteiger partial charge on any atom is -0.350 e. The van der Waals surface area contributed by atoms with Crippen LogP contribution in [0.2, 0.25) is 0 Å². The van der Waals surface area contributed by atoms with Crippen LogP contribution < -0.4 is 15.8 Å². The van der Waals surface area contributed by atoms with Gasteiger partial charge >= 0.3 is 0 Å². The molecule has 3 rings (SSSR count). The third-order valence-electron chi connectivity index (χ3n) is 5.68. The summed E-state index contributed by atoms with van der Waals surface area (Å²) in [5.41, 5.74) is -0.0532. The highest BCUT2D eigenvalue weighted by atomic mass is 16.2. The highest BCUT2D eigenvalue weighted by Gasteiger charge is 2.25. The summed E-state index contributed by atoms with van der Waals surface area (Å²) in [6.07, 6.45) is 10.7. The number of aryl methyl sites for hydroxylation is 1. The normalized spacial score (nSPS) is 22.4. The molecule has 0 aromatic carbocycles. The van der Waals surface area contributed by atoms with Gasteiger partial charge in [-0.25, -0.2) is 4.98 Å². The minimum absolute atomic E-state index is 0.0532. The van der Waals surface area contributed by atoms with Crippen LogP contribution in [0.5, 0.6) is 0 Å². The van der Waals surface area contributed by atoms with Crippen LogP contribution in [-0.2, 0) is 11.8 Å². The van der Waals surface area contributed by atoms with Crippen molar-refractivity contribution in [3.63, 3.8) is 0 Å². The zero-order valence-electron chi connectivity index (χ0n) is 16.7. The number of rotatable bonds is 5. The number of likely N-dealkylation sites (tertiary alicyclic amines) is 1. The average Bonchev–Trinajstić information content (AvgIpc) is 2.93. The molecule has 2 saturated heterocycles. The standard InChI is InChI=1S/C20H33N5O2/c1-16(14-18(26)24-10-5-3-4-6-11-24)22-17-8-7-12-25(15-17)19-20(27)23(2)13-9-21-19/h9,13,16-17,22H,3-8,10-12,14-15H2,1-2H3/t16-,17+/m0/s1. The van der Waals surface area contributed by atoms with Crippen LogP contribution >= 0.6 is 0 Å². The molecule has 1 aromatic rings.